The Morgan fingerprint density at radius 2 is 2.04 bits per heavy atom. The van der Waals surface area contributed by atoms with Gasteiger partial charge in [0.1, 0.15) is 11.6 Å². The van der Waals surface area contributed by atoms with Crippen molar-refractivity contribution in [3.05, 3.63) is 52.9 Å². The summed E-state index contributed by atoms with van der Waals surface area (Å²) in [6, 6.07) is 5.81. The van der Waals surface area contributed by atoms with Crippen LogP contribution in [0.15, 0.2) is 33.8 Å². The van der Waals surface area contributed by atoms with E-state index in [1.54, 1.807) is 7.05 Å². The van der Waals surface area contributed by atoms with Crippen LogP contribution in [0.1, 0.15) is 49.1 Å². The molecule has 5 nitrogen and oxygen atoms in total. The molecule has 142 valence electrons. The number of hydrogen-bond donors (Lipinski definition) is 2. The van der Waals surface area contributed by atoms with Crippen molar-refractivity contribution in [1.29, 1.82) is 0 Å². The van der Waals surface area contributed by atoms with Gasteiger partial charge in [-0.15, -0.1) is 24.0 Å². The quantitative estimate of drug-likeness (QED) is 0.390. The molecular formula is C18H23F2IN4O. The first-order valence-corrected chi connectivity index (χ1v) is 8.36. The monoisotopic (exact) mass is 476 g/mol. The molecule has 8 heteroatoms. The second-order valence-corrected chi connectivity index (χ2v) is 6.53. The third-order valence-corrected chi connectivity index (χ3v) is 4.31. The smallest absolute Gasteiger partial charge is 0.191 e. The number of nitrogens with zero attached hydrogens (tertiary/aromatic N) is 2. The summed E-state index contributed by atoms with van der Waals surface area (Å²) < 4.78 is 32.9. The molecule has 2 atom stereocenters. The Morgan fingerprint density at radius 1 is 1.35 bits per heavy atom. The predicted molar refractivity (Wildman–Crippen MR) is 107 cm³/mol. The van der Waals surface area contributed by atoms with E-state index in [9.17, 15) is 8.78 Å². The van der Waals surface area contributed by atoms with Crippen LogP contribution in [-0.2, 0) is 6.54 Å². The maximum atomic E-state index is 13.8. The minimum absolute atomic E-state index is 0. The van der Waals surface area contributed by atoms with Crippen molar-refractivity contribution in [2.24, 2.45) is 4.99 Å². The summed E-state index contributed by atoms with van der Waals surface area (Å²) in [5.74, 6) is 0.390. The average Bonchev–Trinajstić information content (AvgIpc) is 3.14. The largest absolute Gasteiger partial charge is 0.359 e. The fourth-order valence-corrected chi connectivity index (χ4v) is 2.76. The molecule has 0 spiro atoms. The lowest BCUT2D eigenvalue weighted by Gasteiger charge is -2.11. The molecule has 0 aliphatic heterocycles. The molecule has 3 rings (SSSR count). The fraction of sp³-hybridized carbons (Fsp3) is 0.444. The van der Waals surface area contributed by atoms with Crippen LogP contribution in [0.5, 0.6) is 0 Å². The second kappa shape index (κ2) is 8.79. The summed E-state index contributed by atoms with van der Waals surface area (Å²) in [5.41, 5.74) is 1.05. The van der Waals surface area contributed by atoms with E-state index >= 15 is 0 Å². The molecular weight excluding hydrogens is 453 g/mol. The molecule has 0 saturated heterocycles. The van der Waals surface area contributed by atoms with Crippen molar-refractivity contribution in [3.8, 4) is 0 Å². The normalized spacial score (nSPS) is 19.2. The zero-order valence-corrected chi connectivity index (χ0v) is 17.3. The highest BCUT2D eigenvalue weighted by Gasteiger charge is 2.42. The van der Waals surface area contributed by atoms with Gasteiger partial charge in [0.2, 0.25) is 0 Å². The van der Waals surface area contributed by atoms with Crippen LogP contribution in [0, 0.1) is 11.6 Å². The third kappa shape index (κ3) is 4.72. The van der Waals surface area contributed by atoms with Gasteiger partial charge < -0.3 is 15.2 Å². The molecule has 1 heterocycles. The molecule has 2 N–H and O–H groups in total. The first kappa shape index (κ1) is 20.6. The highest BCUT2D eigenvalue weighted by Crippen LogP contribution is 2.43. The van der Waals surface area contributed by atoms with Crippen LogP contribution >= 0.6 is 24.0 Å². The Morgan fingerprint density at radius 3 is 2.62 bits per heavy atom. The van der Waals surface area contributed by atoms with E-state index in [0.29, 0.717) is 30.6 Å². The van der Waals surface area contributed by atoms with Crippen molar-refractivity contribution < 1.29 is 13.3 Å². The number of aliphatic imine (C=N–C) groups is 1. The molecule has 0 amide bonds. The summed E-state index contributed by atoms with van der Waals surface area (Å²) in [6.07, 6.45) is 0.665. The van der Waals surface area contributed by atoms with Gasteiger partial charge in [-0.25, -0.2) is 8.78 Å². The Balaban J connectivity index is 0.00000243. The third-order valence-electron chi connectivity index (χ3n) is 4.31. The second-order valence-electron chi connectivity index (χ2n) is 6.53. The highest BCUT2D eigenvalue weighted by atomic mass is 127. The lowest BCUT2D eigenvalue weighted by Crippen LogP contribution is -2.38. The predicted octanol–water partition coefficient (Wildman–Crippen LogP) is 3.92. The topological polar surface area (TPSA) is 62.5 Å². The van der Waals surface area contributed by atoms with Crippen LogP contribution < -0.4 is 10.6 Å². The molecule has 26 heavy (non-hydrogen) atoms. The average molecular weight is 476 g/mol. The highest BCUT2D eigenvalue weighted by molar-refractivity contribution is 14.0. The molecule has 0 radical (unpaired) electrons. The van der Waals surface area contributed by atoms with Crippen LogP contribution in [0.4, 0.5) is 8.78 Å². The summed E-state index contributed by atoms with van der Waals surface area (Å²) in [4.78, 5) is 4.14. The zero-order valence-electron chi connectivity index (χ0n) is 14.9. The van der Waals surface area contributed by atoms with E-state index < -0.39 is 11.6 Å². The number of hydrogen-bond acceptors (Lipinski definition) is 3. The molecule has 1 aromatic heterocycles. The summed E-state index contributed by atoms with van der Waals surface area (Å²) >= 11 is 0. The minimum Gasteiger partial charge on any atom is -0.359 e. The van der Waals surface area contributed by atoms with Crippen LogP contribution in [0.3, 0.4) is 0 Å². The molecule has 1 saturated carbocycles. The Labute approximate surface area is 168 Å². The number of rotatable bonds is 5. The van der Waals surface area contributed by atoms with Crippen molar-refractivity contribution in [1.82, 2.24) is 15.8 Å². The van der Waals surface area contributed by atoms with Gasteiger partial charge in [0.25, 0.3) is 0 Å². The first-order chi connectivity index (χ1) is 12.0. The number of benzene rings is 1. The van der Waals surface area contributed by atoms with Crippen LogP contribution in [0.25, 0.3) is 0 Å². The van der Waals surface area contributed by atoms with Crippen molar-refractivity contribution in [3.63, 3.8) is 0 Å². The number of halogens is 3. The van der Waals surface area contributed by atoms with Gasteiger partial charge in [-0.3, -0.25) is 4.99 Å². The molecule has 1 fully saturated rings. The minimum atomic E-state index is -0.500. The van der Waals surface area contributed by atoms with Crippen LogP contribution in [0.2, 0.25) is 0 Å². The molecule has 1 aliphatic carbocycles. The van der Waals surface area contributed by atoms with E-state index in [4.69, 9.17) is 4.52 Å². The fourth-order valence-electron chi connectivity index (χ4n) is 2.76. The van der Waals surface area contributed by atoms with Crippen molar-refractivity contribution in [2.75, 3.05) is 7.05 Å². The standard InChI is InChI=1S/C18H22F2N4O.HI/c1-10(2)15-7-11(25-24-15)9-22-18(21-3)23-16-8-12(16)17-13(19)5-4-6-14(17)20;/h4-7,10,12,16H,8-9H2,1-3H3,(H2,21,22,23);1H. The lowest BCUT2D eigenvalue weighted by molar-refractivity contribution is 0.372. The number of guanidine groups is 1. The first-order valence-electron chi connectivity index (χ1n) is 8.36. The summed E-state index contributed by atoms with van der Waals surface area (Å²) in [7, 11) is 1.65. The summed E-state index contributed by atoms with van der Waals surface area (Å²) in [5, 5.41) is 10.3. The lowest BCUT2D eigenvalue weighted by atomic mass is 10.1. The van der Waals surface area contributed by atoms with E-state index in [-0.39, 0.29) is 41.5 Å². The molecule has 1 aliphatic rings. The maximum absolute atomic E-state index is 13.8. The van der Waals surface area contributed by atoms with Gasteiger partial charge in [0.15, 0.2) is 11.7 Å². The van der Waals surface area contributed by atoms with Gasteiger partial charge in [0, 0.05) is 30.6 Å². The van der Waals surface area contributed by atoms with E-state index in [0.717, 1.165) is 5.69 Å². The van der Waals surface area contributed by atoms with Crippen LogP contribution in [-0.4, -0.2) is 24.2 Å². The van der Waals surface area contributed by atoms with Crippen molar-refractivity contribution >= 4 is 29.9 Å². The van der Waals surface area contributed by atoms with Crippen molar-refractivity contribution in [2.45, 2.75) is 44.7 Å². The van der Waals surface area contributed by atoms with Gasteiger partial charge >= 0.3 is 0 Å². The Bertz CT molecular complexity index is 758. The van der Waals surface area contributed by atoms with E-state index in [2.05, 4.69) is 20.8 Å². The van der Waals surface area contributed by atoms with Gasteiger partial charge in [-0.05, 0) is 24.5 Å². The number of nitrogens with one attached hydrogen (secondary N) is 2. The SMILES string of the molecule is CN=C(NCc1cc(C(C)C)no1)NC1CC1c1c(F)cccc1F.I. The van der Waals surface area contributed by atoms with Gasteiger partial charge in [-0.1, -0.05) is 25.1 Å². The molecule has 2 unspecified atom stereocenters. The van der Waals surface area contributed by atoms with E-state index in [1.807, 2.05) is 19.9 Å². The molecule has 0 bridgehead atoms. The van der Waals surface area contributed by atoms with Gasteiger partial charge in [-0.2, -0.15) is 0 Å². The Kier molecular flexibility index (Phi) is 6.96. The molecule has 1 aromatic carbocycles. The summed E-state index contributed by atoms with van der Waals surface area (Å²) in [6.45, 7) is 4.53. The Hall–Kier alpha value is -1.71. The maximum Gasteiger partial charge on any atom is 0.191 e. The number of aromatic nitrogens is 1. The zero-order chi connectivity index (χ0) is 18.0. The molecule has 2 aromatic rings. The van der Waals surface area contributed by atoms with E-state index in [1.165, 1.54) is 18.2 Å². The van der Waals surface area contributed by atoms with Gasteiger partial charge in [0.05, 0.1) is 12.2 Å².